The molecular formula is C13H12N4O7. The van der Waals surface area contributed by atoms with Crippen LogP contribution in [0.2, 0.25) is 0 Å². The van der Waals surface area contributed by atoms with Crippen LogP contribution in [0.4, 0.5) is 17.2 Å². The van der Waals surface area contributed by atoms with Gasteiger partial charge >= 0.3 is 5.97 Å². The van der Waals surface area contributed by atoms with E-state index in [0.29, 0.717) is 18.0 Å². The van der Waals surface area contributed by atoms with E-state index >= 15 is 0 Å². The molecule has 0 saturated carbocycles. The van der Waals surface area contributed by atoms with Crippen LogP contribution in [-0.2, 0) is 0 Å². The Morgan fingerprint density at radius 2 is 1.83 bits per heavy atom. The number of rotatable bonds is 3. The molecule has 0 radical (unpaired) electrons. The third-order valence-electron chi connectivity index (χ3n) is 2.67. The number of nitrogen functional groups attached to an aromatic ring is 1. The number of carbonyl (C=O) groups is 1. The van der Waals surface area contributed by atoms with Gasteiger partial charge in [0.25, 0.3) is 17.2 Å². The first-order chi connectivity index (χ1) is 11.1. The molecule has 2 rings (SSSR count). The SMILES string of the molecule is Cc1cc[nH+]c(N)c1.O=C(O)c1cc([N+](=O)[O-])cc([N+](=O)[O-])c1[O-]. The first-order valence-electron chi connectivity index (χ1n) is 6.24. The van der Waals surface area contributed by atoms with E-state index in [4.69, 9.17) is 10.8 Å². The minimum atomic E-state index is -1.75. The predicted molar refractivity (Wildman–Crippen MR) is 78.3 cm³/mol. The van der Waals surface area contributed by atoms with Crippen LogP contribution in [0.1, 0.15) is 15.9 Å². The maximum Gasteiger partial charge on any atom is 0.335 e. The van der Waals surface area contributed by atoms with E-state index in [2.05, 4.69) is 4.98 Å². The number of aromatic nitrogens is 1. The number of carboxylic acid groups (broad SMARTS) is 1. The molecule has 0 bridgehead atoms. The average Bonchev–Trinajstić information content (AvgIpc) is 2.46. The number of aryl methyl sites for hydroxylation is 1. The Balaban J connectivity index is 0.000000300. The highest BCUT2D eigenvalue weighted by Gasteiger charge is 2.21. The zero-order chi connectivity index (χ0) is 18.4. The number of carboxylic acids is 1. The number of benzene rings is 1. The van der Waals surface area contributed by atoms with E-state index < -0.39 is 38.5 Å². The molecule has 0 atom stereocenters. The molecule has 0 unspecified atom stereocenters. The van der Waals surface area contributed by atoms with Crippen LogP contribution in [0, 0.1) is 27.2 Å². The number of hydrogen-bond acceptors (Lipinski definition) is 7. The monoisotopic (exact) mass is 336 g/mol. The van der Waals surface area contributed by atoms with E-state index in [0.717, 1.165) is 0 Å². The quantitative estimate of drug-likeness (QED) is 0.604. The summed E-state index contributed by atoms with van der Waals surface area (Å²) >= 11 is 0. The number of nitro benzene ring substituents is 2. The molecule has 0 fully saturated rings. The predicted octanol–water partition coefficient (Wildman–Crippen LogP) is 0.666. The van der Waals surface area contributed by atoms with Crippen molar-refractivity contribution in [1.29, 1.82) is 0 Å². The Labute approximate surface area is 134 Å². The van der Waals surface area contributed by atoms with Crippen LogP contribution in [0.3, 0.4) is 0 Å². The Hall–Kier alpha value is -3.76. The number of nitrogens with two attached hydrogens (primary N) is 1. The smallest absolute Gasteiger partial charge is 0.335 e. The second-order valence-electron chi connectivity index (χ2n) is 4.48. The molecular weight excluding hydrogens is 324 g/mol. The summed E-state index contributed by atoms with van der Waals surface area (Å²) in [5, 5.41) is 40.4. The third-order valence-corrected chi connectivity index (χ3v) is 2.67. The number of nitrogens with zero attached hydrogens (tertiary/aromatic N) is 2. The zero-order valence-corrected chi connectivity index (χ0v) is 12.3. The van der Waals surface area contributed by atoms with Crippen molar-refractivity contribution in [2.45, 2.75) is 6.92 Å². The number of aromatic amines is 1. The summed E-state index contributed by atoms with van der Waals surface area (Å²) in [5.74, 6) is -2.40. The van der Waals surface area contributed by atoms with Gasteiger partial charge in [-0.3, -0.25) is 26.0 Å². The number of anilines is 1. The van der Waals surface area contributed by atoms with E-state index in [1.807, 2.05) is 25.3 Å². The lowest BCUT2D eigenvalue weighted by atomic mass is 10.1. The van der Waals surface area contributed by atoms with Crippen molar-refractivity contribution in [3.05, 3.63) is 61.8 Å². The summed E-state index contributed by atoms with van der Waals surface area (Å²) in [6.45, 7) is 2.00. The fourth-order valence-electron chi connectivity index (χ4n) is 1.60. The van der Waals surface area contributed by atoms with Crippen LogP contribution >= 0.6 is 0 Å². The normalized spacial score (nSPS) is 9.54. The highest BCUT2D eigenvalue weighted by atomic mass is 16.6. The Morgan fingerprint density at radius 3 is 2.21 bits per heavy atom. The first kappa shape index (κ1) is 18.3. The van der Waals surface area contributed by atoms with Gasteiger partial charge in [-0.05, 0) is 24.3 Å². The van der Waals surface area contributed by atoms with Crippen molar-refractivity contribution >= 4 is 23.2 Å². The van der Waals surface area contributed by atoms with Crippen LogP contribution < -0.4 is 15.8 Å². The second kappa shape index (κ2) is 7.49. The zero-order valence-electron chi connectivity index (χ0n) is 12.3. The first-order valence-corrected chi connectivity index (χ1v) is 6.24. The van der Waals surface area contributed by atoms with Crippen LogP contribution in [0.5, 0.6) is 5.75 Å². The van der Waals surface area contributed by atoms with Crippen LogP contribution in [0.25, 0.3) is 0 Å². The molecule has 0 saturated heterocycles. The summed E-state index contributed by atoms with van der Waals surface area (Å²) < 4.78 is 0. The van der Waals surface area contributed by atoms with E-state index in [-0.39, 0.29) is 0 Å². The topological polar surface area (TPSA) is 187 Å². The fraction of sp³-hybridized carbons (Fsp3) is 0.0769. The molecule has 11 heteroatoms. The molecule has 0 aliphatic carbocycles. The molecule has 0 aliphatic rings. The summed E-state index contributed by atoms with van der Waals surface area (Å²) in [7, 11) is 0. The third kappa shape index (κ3) is 4.62. The molecule has 24 heavy (non-hydrogen) atoms. The largest absolute Gasteiger partial charge is 0.867 e. The molecule has 2 aromatic rings. The highest BCUT2D eigenvalue weighted by molar-refractivity contribution is 5.93. The van der Waals surface area contributed by atoms with Crippen molar-refractivity contribution in [2.75, 3.05) is 5.73 Å². The van der Waals surface area contributed by atoms with Crippen molar-refractivity contribution < 1.29 is 29.8 Å². The van der Waals surface area contributed by atoms with Gasteiger partial charge in [0.2, 0.25) is 0 Å². The number of nitrogens with one attached hydrogen (secondary N) is 1. The number of non-ortho nitro benzene ring substituents is 1. The minimum Gasteiger partial charge on any atom is -0.867 e. The second-order valence-corrected chi connectivity index (χ2v) is 4.48. The number of H-pyrrole nitrogens is 1. The standard InChI is InChI=1S/C7H4N2O7.C6H8N2/c10-6-4(7(11)12)1-3(8(13)14)2-5(6)9(15)16;1-5-2-3-8-6(7)4-5/h1-2,10H,(H,11,12);2-4H,1H3,(H2,7,8). The molecule has 0 aliphatic heterocycles. The minimum absolute atomic E-state index is 0.425. The van der Waals surface area contributed by atoms with Gasteiger partial charge in [0.05, 0.1) is 27.7 Å². The van der Waals surface area contributed by atoms with E-state index in [1.54, 1.807) is 0 Å². The number of pyridine rings is 1. The Bertz CT molecular complexity index is 754. The summed E-state index contributed by atoms with van der Waals surface area (Å²) in [6, 6.07) is 4.77. The summed E-state index contributed by atoms with van der Waals surface area (Å²) in [5.41, 5.74) is 3.64. The summed E-state index contributed by atoms with van der Waals surface area (Å²) in [6.07, 6.45) is 1.82. The van der Waals surface area contributed by atoms with Gasteiger partial charge in [0, 0.05) is 12.1 Å². The summed E-state index contributed by atoms with van der Waals surface area (Å²) in [4.78, 5) is 31.9. The molecule has 1 aromatic heterocycles. The van der Waals surface area contributed by atoms with Gasteiger partial charge < -0.3 is 10.2 Å². The molecule has 11 nitrogen and oxygen atoms in total. The van der Waals surface area contributed by atoms with Gasteiger partial charge in [0.1, 0.15) is 0 Å². The van der Waals surface area contributed by atoms with Gasteiger partial charge in [-0.25, -0.2) is 9.78 Å². The lowest BCUT2D eigenvalue weighted by Crippen LogP contribution is -2.08. The van der Waals surface area contributed by atoms with Crippen molar-refractivity contribution in [1.82, 2.24) is 0 Å². The lowest BCUT2D eigenvalue weighted by Gasteiger charge is -2.09. The Morgan fingerprint density at radius 1 is 1.21 bits per heavy atom. The number of aromatic carboxylic acids is 1. The molecule has 126 valence electrons. The molecule has 0 spiro atoms. The molecule has 0 amide bonds. The van der Waals surface area contributed by atoms with Gasteiger partial charge in [-0.2, -0.15) is 0 Å². The average molecular weight is 336 g/mol. The van der Waals surface area contributed by atoms with E-state index in [1.165, 1.54) is 5.56 Å². The maximum absolute atomic E-state index is 11.2. The lowest BCUT2D eigenvalue weighted by molar-refractivity contribution is -0.403. The maximum atomic E-state index is 11.2. The number of hydrogen-bond donors (Lipinski definition) is 2. The Kier molecular flexibility index (Phi) is 5.71. The molecule has 4 N–H and O–H groups in total. The van der Waals surface area contributed by atoms with Crippen molar-refractivity contribution in [3.63, 3.8) is 0 Å². The van der Waals surface area contributed by atoms with Gasteiger partial charge in [0.15, 0.2) is 0 Å². The molecule has 1 heterocycles. The van der Waals surface area contributed by atoms with Crippen molar-refractivity contribution in [2.24, 2.45) is 0 Å². The van der Waals surface area contributed by atoms with Crippen molar-refractivity contribution in [3.8, 4) is 5.75 Å². The van der Waals surface area contributed by atoms with Crippen LogP contribution in [0.15, 0.2) is 30.5 Å². The number of nitro groups is 2. The van der Waals surface area contributed by atoms with Gasteiger partial charge in [-0.1, -0.05) is 0 Å². The van der Waals surface area contributed by atoms with Crippen LogP contribution in [-0.4, -0.2) is 20.9 Å². The highest BCUT2D eigenvalue weighted by Crippen LogP contribution is 2.31. The van der Waals surface area contributed by atoms with Gasteiger partial charge in [-0.15, -0.1) is 0 Å². The van der Waals surface area contributed by atoms with E-state index in [9.17, 15) is 30.1 Å². The fourth-order valence-corrected chi connectivity index (χ4v) is 1.60. The molecule has 1 aromatic carbocycles.